The molecule has 1 fully saturated rings. The summed E-state index contributed by atoms with van der Waals surface area (Å²) in [6.45, 7) is 3.17. The number of nitrogens with one attached hydrogen (secondary N) is 3. The first-order chi connectivity index (χ1) is 10.3. The third-order valence-electron chi connectivity index (χ3n) is 3.89. The van der Waals surface area contributed by atoms with E-state index in [1.165, 1.54) is 0 Å². The van der Waals surface area contributed by atoms with E-state index in [4.69, 9.17) is 4.74 Å². The van der Waals surface area contributed by atoms with Gasteiger partial charge in [0.2, 0.25) is 0 Å². The van der Waals surface area contributed by atoms with Crippen LogP contribution in [0.1, 0.15) is 40.6 Å². The second-order valence-corrected chi connectivity index (χ2v) is 5.34. The van der Waals surface area contributed by atoms with Gasteiger partial charge in [0.1, 0.15) is 0 Å². The molecule has 2 aromatic rings. The molecule has 21 heavy (non-hydrogen) atoms. The molecular weight excluding hydrogens is 270 g/mol. The second kappa shape index (κ2) is 6.09. The molecule has 2 aromatic heterocycles. The number of amides is 1. The molecule has 7 heteroatoms. The lowest BCUT2D eigenvalue weighted by molar-refractivity contribution is -0.0272. The summed E-state index contributed by atoms with van der Waals surface area (Å²) in [7, 11) is 0. The predicted molar refractivity (Wildman–Crippen MR) is 75.7 cm³/mol. The maximum absolute atomic E-state index is 12.1. The van der Waals surface area contributed by atoms with Crippen LogP contribution in [-0.4, -0.2) is 39.5 Å². The van der Waals surface area contributed by atoms with Crippen molar-refractivity contribution < 1.29 is 9.53 Å². The van der Waals surface area contributed by atoms with Gasteiger partial charge in [0.15, 0.2) is 0 Å². The van der Waals surface area contributed by atoms with Gasteiger partial charge in [-0.25, -0.2) is 0 Å². The van der Waals surface area contributed by atoms with Crippen molar-refractivity contribution in [3.8, 4) is 0 Å². The smallest absolute Gasteiger partial charge is 0.254 e. The summed E-state index contributed by atoms with van der Waals surface area (Å²) in [5.74, 6) is 0.158. The van der Waals surface area contributed by atoms with Gasteiger partial charge in [-0.2, -0.15) is 10.2 Å². The Kier molecular flexibility index (Phi) is 4.01. The Balaban J connectivity index is 1.63. The largest absolute Gasteiger partial charge is 0.373 e. The number of rotatable bonds is 4. The number of H-pyrrole nitrogens is 2. The number of carbonyl (C=O) groups excluding carboxylic acids is 1. The van der Waals surface area contributed by atoms with Gasteiger partial charge < -0.3 is 10.1 Å². The van der Waals surface area contributed by atoms with Crippen LogP contribution < -0.4 is 5.32 Å². The number of aromatic nitrogens is 4. The minimum absolute atomic E-state index is 0.0109. The van der Waals surface area contributed by atoms with Crippen molar-refractivity contribution in [3.05, 3.63) is 35.4 Å². The van der Waals surface area contributed by atoms with E-state index >= 15 is 0 Å². The van der Waals surface area contributed by atoms with Crippen LogP contribution in [0.4, 0.5) is 0 Å². The molecule has 1 aliphatic rings. The second-order valence-electron chi connectivity index (χ2n) is 5.34. The highest BCUT2D eigenvalue weighted by Gasteiger charge is 2.28. The molecule has 1 saturated heterocycles. The minimum atomic E-state index is -0.0993. The molecule has 0 unspecified atom stereocenters. The van der Waals surface area contributed by atoms with E-state index < -0.39 is 0 Å². The van der Waals surface area contributed by atoms with Gasteiger partial charge >= 0.3 is 0 Å². The van der Waals surface area contributed by atoms with Crippen molar-refractivity contribution >= 4 is 5.91 Å². The van der Waals surface area contributed by atoms with E-state index in [0.717, 1.165) is 30.7 Å². The highest BCUT2D eigenvalue weighted by atomic mass is 16.5. The quantitative estimate of drug-likeness (QED) is 0.791. The summed E-state index contributed by atoms with van der Waals surface area (Å²) >= 11 is 0. The summed E-state index contributed by atoms with van der Waals surface area (Å²) in [4.78, 5) is 12.1. The van der Waals surface area contributed by atoms with Crippen LogP contribution in [0.5, 0.6) is 0 Å². The fourth-order valence-corrected chi connectivity index (χ4v) is 2.74. The van der Waals surface area contributed by atoms with Crippen molar-refractivity contribution in [2.75, 3.05) is 13.2 Å². The fraction of sp³-hybridized carbons (Fsp3) is 0.500. The molecule has 1 amide bonds. The number of aryl methyl sites for hydroxylation is 1. The number of hydrogen-bond donors (Lipinski definition) is 3. The van der Waals surface area contributed by atoms with Gasteiger partial charge in [-0.3, -0.25) is 15.0 Å². The lowest BCUT2D eigenvalue weighted by Crippen LogP contribution is -2.35. The van der Waals surface area contributed by atoms with Crippen LogP contribution in [0.15, 0.2) is 18.6 Å². The first kappa shape index (κ1) is 13.8. The van der Waals surface area contributed by atoms with E-state index in [2.05, 4.69) is 25.7 Å². The number of nitrogens with zero attached hydrogens (tertiary/aromatic N) is 2. The zero-order chi connectivity index (χ0) is 14.7. The van der Waals surface area contributed by atoms with Crippen LogP contribution in [0, 0.1) is 12.8 Å². The number of aromatic amines is 2. The highest BCUT2D eigenvalue weighted by Crippen LogP contribution is 2.32. The van der Waals surface area contributed by atoms with Crippen molar-refractivity contribution in [2.24, 2.45) is 5.92 Å². The van der Waals surface area contributed by atoms with Crippen LogP contribution in [0.3, 0.4) is 0 Å². The maximum atomic E-state index is 12.1. The Morgan fingerprint density at radius 3 is 3.10 bits per heavy atom. The average molecular weight is 289 g/mol. The topological polar surface area (TPSA) is 95.7 Å². The Hall–Kier alpha value is -2.15. The summed E-state index contributed by atoms with van der Waals surface area (Å²) in [6, 6.07) is 0. The fourth-order valence-electron chi connectivity index (χ4n) is 2.74. The zero-order valence-electron chi connectivity index (χ0n) is 11.9. The van der Waals surface area contributed by atoms with E-state index in [9.17, 15) is 4.79 Å². The Bertz CT molecular complexity index is 592. The van der Waals surface area contributed by atoms with Crippen molar-refractivity contribution in [1.82, 2.24) is 25.7 Å². The van der Waals surface area contributed by atoms with Gasteiger partial charge in [0.25, 0.3) is 5.91 Å². The van der Waals surface area contributed by atoms with Gasteiger partial charge in [0, 0.05) is 36.5 Å². The highest BCUT2D eigenvalue weighted by molar-refractivity contribution is 5.94. The van der Waals surface area contributed by atoms with Crippen LogP contribution in [0.2, 0.25) is 0 Å². The van der Waals surface area contributed by atoms with Crippen molar-refractivity contribution in [2.45, 2.75) is 25.9 Å². The van der Waals surface area contributed by atoms with Crippen LogP contribution in [-0.2, 0) is 4.74 Å². The van der Waals surface area contributed by atoms with Gasteiger partial charge in [-0.15, -0.1) is 0 Å². The standard InChI is InChI=1S/C14H19N5O2/c1-9-12(8-18-19-9)14(20)15-5-10-3-2-4-21-13(10)11-6-16-17-7-11/h6-8,10,13H,2-5H2,1H3,(H,15,20)(H,16,17)(H,18,19)/t10-,13+/m0/s1. The van der Waals surface area contributed by atoms with Gasteiger partial charge in [0.05, 0.1) is 24.1 Å². The SMILES string of the molecule is Cc1[nH]ncc1C(=O)NC[C@@H]1CCCO[C@H]1c1cn[nH]c1. The molecule has 3 heterocycles. The number of carbonyl (C=O) groups is 1. The van der Waals surface area contributed by atoms with Crippen molar-refractivity contribution in [1.29, 1.82) is 0 Å². The first-order valence-corrected chi connectivity index (χ1v) is 7.14. The van der Waals surface area contributed by atoms with E-state index in [0.29, 0.717) is 12.1 Å². The molecule has 7 nitrogen and oxygen atoms in total. The summed E-state index contributed by atoms with van der Waals surface area (Å²) in [6.07, 6.45) is 7.22. The lowest BCUT2D eigenvalue weighted by Gasteiger charge is -2.31. The Morgan fingerprint density at radius 1 is 1.48 bits per heavy atom. The lowest BCUT2D eigenvalue weighted by atomic mass is 9.91. The van der Waals surface area contributed by atoms with Crippen LogP contribution in [0.25, 0.3) is 0 Å². The third kappa shape index (κ3) is 2.97. The average Bonchev–Trinajstić information content (AvgIpc) is 3.16. The monoisotopic (exact) mass is 289 g/mol. The Morgan fingerprint density at radius 2 is 2.38 bits per heavy atom. The molecule has 0 radical (unpaired) electrons. The van der Waals surface area contributed by atoms with Gasteiger partial charge in [-0.05, 0) is 19.8 Å². The predicted octanol–water partition coefficient (Wildman–Crippen LogP) is 1.34. The molecule has 112 valence electrons. The third-order valence-corrected chi connectivity index (χ3v) is 3.89. The molecular formula is C14H19N5O2. The molecule has 3 rings (SSSR count). The van der Waals surface area contributed by atoms with E-state index in [-0.39, 0.29) is 17.9 Å². The molecule has 0 bridgehead atoms. The van der Waals surface area contributed by atoms with Gasteiger partial charge in [-0.1, -0.05) is 0 Å². The minimum Gasteiger partial charge on any atom is -0.373 e. The maximum Gasteiger partial charge on any atom is 0.254 e. The molecule has 2 atom stereocenters. The zero-order valence-corrected chi connectivity index (χ0v) is 11.9. The number of ether oxygens (including phenoxy) is 1. The summed E-state index contributed by atoms with van der Waals surface area (Å²) < 4.78 is 5.85. The first-order valence-electron chi connectivity index (χ1n) is 7.14. The molecule has 1 aliphatic heterocycles. The number of hydrogen-bond acceptors (Lipinski definition) is 4. The molecule has 0 spiro atoms. The summed E-state index contributed by atoms with van der Waals surface area (Å²) in [5.41, 5.74) is 2.40. The molecule has 0 aromatic carbocycles. The summed E-state index contributed by atoms with van der Waals surface area (Å²) in [5, 5.41) is 16.4. The molecule has 0 aliphatic carbocycles. The van der Waals surface area contributed by atoms with Crippen molar-refractivity contribution in [3.63, 3.8) is 0 Å². The molecule has 3 N–H and O–H groups in total. The van der Waals surface area contributed by atoms with Crippen LogP contribution >= 0.6 is 0 Å². The normalized spacial score (nSPS) is 22.1. The molecule has 0 saturated carbocycles. The Labute approximate surface area is 122 Å². The van der Waals surface area contributed by atoms with E-state index in [1.54, 1.807) is 12.4 Å². The van der Waals surface area contributed by atoms with E-state index in [1.807, 2.05) is 13.1 Å².